The second-order valence-corrected chi connectivity index (χ2v) is 5.58. The molecule has 0 aliphatic heterocycles. The molecule has 0 saturated heterocycles. The summed E-state index contributed by atoms with van der Waals surface area (Å²) >= 11 is 4.89. The van der Waals surface area contributed by atoms with Gasteiger partial charge in [-0.15, -0.1) is 0 Å². The maximum Gasteiger partial charge on any atom is 0.282 e. The Morgan fingerprint density at radius 2 is 1.71 bits per heavy atom. The van der Waals surface area contributed by atoms with E-state index in [0.29, 0.717) is 11.5 Å². The molecule has 2 aromatic carbocycles. The fourth-order valence-electron chi connectivity index (χ4n) is 2.08. The Balaban J connectivity index is 1.83. The Labute approximate surface area is 164 Å². The highest BCUT2D eigenvalue weighted by Gasteiger charge is 2.19. The van der Waals surface area contributed by atoms with E-state index in [0.717, 1.165) is 0 Å². The van der Waals surface area contributed by atoms with Gasteiger partial charge in [-0.05, 0) is 30.4 Å². The lowest BCUT2D eigenvalue weighted by atomic mass is 10.2. The van der Waals surface area contributed by atoms with E-state index in [2.05, 4.69) is 16.2 Å². The first kappa shape index (κ1) is 20.6. The van der Waals surface area contributed by atoms with E-state index >= 15 is 0 Å². The van der Waals surface area contributed by atoms with Crippen molar-refractivity contribution in [3.05, 3.63) is 64.2 Å². The van der Waals surface area contributed by atoms with E-state index in [1.165, 1.54) is 31.4 Å². The van der Waals surface area contributed by atoms with Gasteiger partial charge in [0.15, 0.2) is 23.2 Å². The maximum atomic E-state index is 12.1. The van der Waals surface area contributed by atoms with Crippen molar-refractivity contribution in [1.82, 2.24) is 16.2 Å². The molecule has 2 rings (SSSR count). The van der Waals surface area contributed by atoms with Crippen molar-refractivity contribution in [2.24, 2.45) is 0 Å². The Bertz CT molecular complexity index is 905. The minimum atomic E-state index is -0.783. The Morgan fingerprint density at radius 3 is 2.39 bits per heavy atom. The van der Waals surface area contributed by atoms with E-state index in [1.54, 1.807) is 24.3 Å². The normalized spacial score (nSPS) is 9.75. The van der Waals surface area contributed by atoms with Crippen LogP contribution in [0.5, 0.6) is 11.5 Å². The van der Waals surface area contributed by atoms with Gasteiger partial charge in [0.25, 0.3) is 17.5 Å². The third-order valence-corrected chi connectivity index (χ3v) is 3.52. The number of nitrogens with zero attached hydrogens (tertiary/aromatic N) is 1. The van der Waals surface area contributed by atoms with Crippen LogP contribution in [0.15, 0.2) is 48.5 Å². The lowest BCUT2D eigenvalue weighted by molar-refractivity contribution is -0.385. The molecule has 0 spiro atoms. The average molecular weight is 404 g/mol. The summed E-state index contributed by atoms with van der Waals surface area (Å²) in [5.74, 6) is -0.519. The number of hydrazine groups is 1. The van der Waals surface area contributed by atoms with E-state index in [1.807, 2.05) is 0 Å². The molecule has 0 saturated carbocycles. The molecule has 146 valence electrons. The van der Waals surface area contributed by atoms with Crippen molar-refractivity contribution < 1.29 is 24.0 Å². The first-order chi connectivity index (χ1) is 13.4. The predicted molar refractivity (Wildman–Crippen MR) is 103 cm³/mol. The van der Waals surface area contributed by atoms with E-state index in [-0.39, 0.29) is 23.0 Å². The van der Waals surface area contributed by atoms with Gasteiger partial charge in [-0.25, -0.2) is 0 Å². The molecular weight excluding hydrogens is 388 g/mol. The van der Waals surface area contributed by atoms with Crippen molar-refractivity contribution in [2.45, 2.75) is 0 Å². The van der Waals surface area contributed by atoms with Gasteiger partial charge in [0, 0.05) is 6.07 Å². The highest BCUT2D eigenvalue weighted by Crippen LogP contribution is 2.25. The predicted octanol–water partition coefficient (Wildman–Crippen LogP) is 1.32. The first-order valence-electron chi connectivity index (χ1n) is 7.81. The number of hydrogen-bond acceptors (Lipinski definition) is 7. The lowest BCUT2D eigenvalue weighted by Crippen LogP contribution is -2.49. The second-order valence-electron chi connectivity index (χ2n) is 5.17. The summed E-state index contributed by atoms with van der Waals surface area (Å²) in [5, 5.41) is 13.0. The van der Waals surface area contributed by atoms with Crippen molar-refractivity contribution >= 4 is 34.8 Å². The molecule has 0 atom stereocenters. The molecule has 0 aliphatic carbocycles. The zero-order chi connectivity index (χ0) is 20.5. The minimum absolute atomic E-state index is 0.159. The number of nitro benzene ring substituents is 1. The molecule has 28 heavy (non-hydrogen) atoms. The molecule has 0 bridgehead atoms. The van der Waals surface area contributed by atoms with Crippen LogP contribution in [0.4, 0.5) is 5.69 Å². The molecule has 3 N–H and O–H groups in total. The van der Waals surface area contributed by atoms with Gasteiger partial charge < -0.3 is 9.47 Å². The van der Waals surface area contributed by atoms with Crippen LogP contribution in [0.25, 0.3) is 0 Å². The fraction of sp³-hybridized carbons (Fsp3) is 0.118. The smallest absolute Gasteiger partial charge is 0.282 e. The molecule has 0 heterocycles. The van der Waals surface area contributed by atoms with Gasteiger partial charge in [-0.3, -0.25) is 35.9 Å². The molecule has 2 amide bonds. The van der Waals surface area contributed by atoms with Crippen molar-refractivity contribution in [1.29, 1.82) is 0 Å². The number of amides is 2. The van der Waals surface area contributed by atoms with E-state index in [9.17, 15) is 19.7 Å². The lowest BCUT2D eigenvalue weighted by Gasteiger charge is -2.12. The maximum absolute atomic E-state index is 12.1. The molecule has 11 heteroatoms. The van der Waals surface area contributed by atoms with Crippen LogP contribution in [-0.4, -0.2) is 35.6 Å². The summed E-state index contributed by atoms with van der Waals surface area (Å²) in [6.45, 7) is -0.347. The van der Waals surface area contributed by atoms with Gasteiger partial charge in [0.1, 0.15) is 5.56 Å². The topological polar surface area (TPSA) is 132 Å². The Hall–Kier alpha value is -3.73. The van der Waals surface area contributed by atoms with Crippen LogP contribution in [0.3, 0.4) is 0 Å². The monoisotopic (exact) mass is 404 g/mol. The summed E-state index contributed by atoms with van der Waals surface area (Å²) in [6.07, 6.45) is 0. The highest BCUT2D eigenvalue weighted by atomic mass is 32.1. The van der Waals surface area contributed by atoms with Crippen LogP contribution in [0.2, 0.25) is 0 Å². The number of hydrogen-bond donors (Lipinski definition) is 3. The van der Waals surface area contributed by atoms with E-state index < -0.39 is 16.7 Å². The third-order valence-electron chi connectivity index (χ3n) is 3.32. The van der Waals surface area contributed by atoms with Crippen LogP contribution in [-0.2, 0) is 4.79 Å². The fourth-order valence-corrected chi connectivity index (χ4v) is 2.25. The molecule has 0 aliphatic rings. The highest BCUT2D eigenvalue weighted by molar-refractivity contribution is 7.80. The van der Waals surface area contributed by atoms with Crippen molar-refractivity contribution in [3.63, 3.8) is 0 Å². The van der Waals surface area contributed by atoms with Crippen LogP contribution < -0.4 is 25.6 Å². The number of benzene rings is 2. The average Bonchev–Trinajstić information content (AvgIpc) is 2.70. The molecule has 2 aromatic rings. The Morgan fingerprint density at radius 1 is 1.07 bits per heavy atom. The third kappa shape index (κ3) is 5.64. The molecule has 10 nitrogen and oxygen atoms in total. The number of methoxy groups -OCH3 is 1. The second kappa shape index (κ2) is 9.83. The van der Waals surface area contributed by atoms with Gasteiger partial charge in [-0.2, -0.15) is 0 Å². The molecule has 0 fully saturated rings. The first-order valence-corrected chi connectivity index (χ1v) is 8.22. The standard InChI is InChI=1S/C17H16N4O6S/c1-26-13-8-4-5-9-14(13)27-10-15(22)18-17(28)20-19-16(23)11-6-2-3-7-12(11)21(24)25/h2-9H,10H2,1H3,(H,19,23)(H2,18,20,22,28). The van der Waals surface area contributed by atoms with Gasteiger partial charge in [-0.1, -0.05) is 24.3 Å². The molecule has 0 unspecified atom stereocenters. The summed E-state index contributed by atoms with van der Waals surface area (Å²) in [7, 11) is 1.47. The van der Waals surface area contributed by atoms with E-state index in [4.69, 9.17) is 21.7 Å². The molecular formula is C17H16N4O6S. The van der Waals surface area contributed by atoms with Gasteiger partial charge in [0.05, 0.1) is 12.0 Å². The number of para-hydroxylation sites is 3. The van der Waals surface area contributed by atoms with Gasteiger partial charge >= 0.3 is 0 Å². The van der Waals surface area contributed by atoms with Crippen molar-refractivity contribution in [2.75, 3.05) is 13.7 Å². The van der Waals surface area contributed by atoms with Gasteiger partial charge in [0.2, 0.25) is 0 Å². The number of carbonyl (C=O) groups is 2. The largest absolute Gasteiger partial charge is 0.493 e. The summed E-state index contributed by atoms with van der Waals surface area (Å²) in [6, 6.07) is 12.2. The van der Waals surface area contributed by atoms with Crippen molar-refractivity contribution in [3.8, 4) is 11.5 Å². The number of rotatable bonds is 6. The van der Waals surface area contributed by atoms with Crippen LogP contribution in [0.1, 0.15) is 10.4 Å². The minimum Gasteiger partial charge on any atom is -0.493 e. The molecule has 0 aromatic heterocycles. The zero-order valence-corrected chi connectivity index (χ0v) is 15.4. The number of nitrogens with one attached hydrogen (secondary N) is 3. The number of nitro groups is 1. The van der Waals surface area contributed by atoms with Crippen LogP contribution in [0, 0.1) is 10.1 Å². The van der Waals surface area contributed by atoms with Crippen LogP contribution >= 0.6 is 12.2 Å². The zero-order valence-electron chi connectivity index (χ0n) is 14.6. The SMILES string of the molecule is COc1ccccc1OCC(=O)NC(=S)NNC(=O)c1ccccc1[N+](=O)[O-]. The number of carbonyl (C=O) groups excluding carboxylic acids is 2. The quantitative estimate of drug-likeness (QED) is 0.373. The number of ether oxygens (including phenoxy) is 2. The Kier molecular flexibility index (Phi) is 7.22. The summed E-state index contributed by atoms with van der Waals surface area (Å²) < 4.78 is 10.4. The molecule has 0 radical (unpaired) electrons. The summed E-state index contributed by atoms with van der Waals surface area (Å²) in [5.41, 5.74) is 3.96. The summed E-state index contributed by atoms with van der Waals surface area (Å²) in [4.78, 5) is 34.2. The number of thiocarbonyl (C=S) groups is 1.